The molecular weight excluding hydrogens is 508 g/mol. The van der Waals surface area contributed by atoms with Crippen LogP contribution in [0.5, 0.6) is 5.75 Å². The highest BCUT2D eigenvalue weighted by Crippen LogP contribution is 2.39. The molecule has 3 N–H and O–H groups in total. The monoisotopic (exact) mass is 540 g/mol. The summed E-state index contributed by atoms with van der Waals surface area (Å²) in [7, 11) is 0. The Hall–Kier alpha value is -5.16. The zero-order valence-corrected chi connectivity index (χ0v) is 22.7. The summed E-state index contributed by atoms with van der Waals surface area (Å²) in [6.45, 7) is 0.425. The number of hydrogen-bond donors (Lipinski definition) is 2. The number of nitrogens with two attached hydrogens (primary N) is 1. The molecule has 0 unspecified atom stereocenters. The molecule has 0 bridgehead atoms. The number of rotatable bonds is 11. The van der Waals surface area contributed by atoms with Crippen molar-refractivity contribution < 1.29 is 14.3 Å². The van der Waals surface area contributed by atoms with Crippen LogP contribution in [0.3, 0.4) is 0 Å². The molecule has 0 saturated carbocycles. The van der Waals surface area contributed by atoms with Gasteiger partial charge in [0.25, 0.3) is 0 Å². The third-order valence-electron chi connectivity index (χ3n) is 7.20. The van der Waals surface area contributed by atoms with Crippen LogP contribution in [-0.4, -0.2) is 17.9 Å². The second-order valence-corrected chi connectivity index (χ2v) is 9.90. The Bertz CT molecular complexity index is 1480. The van der Waals surface area contributed by atoms with Gasteiger partial charge in [0.05, 0.1) is 0 Å². The predicted octanol–water partition coefficient (Wildman–Crippen LogP) is 5.81. The number of hydrogen-bond acceptors (Lipinski definition) is 3. The quantitative estimate of drug-likeness (QED) is 0.207. The maximum Gasteiger partial charge on any atom is 0.240 e. The van der Waals surface area contributed by atoms with E-state index in [1.54, 1.807) is 0 Å². The van der Waals surface area contributed by atoms with Gasteiger partial charge in [-0.25, -0.2) is 0 Å². The fourth-order valence-corrected chi connectivity index (χ4v) is 5.19. The largest absolute Gasteiger partial charge is 0.489 e. The summed E-state index contributed by atoms with van der Waals surface area (Å²) >= 11 is 0. The van der Waals surface area contributed by atoms with Gasteiger partial charge in [0.1, 0.15) is 23.8 Å². The summed E-state index contributed by atoms with van der Waals surface area (Å²) in [6.07, 6.45) is 0.220. The summed E-state index contributed by atoms with van der Waals surface area (Å²) < 4.78 is 5.98. The van der Waals surface area contributed by atoms with Gasteiger partial charge >= 0.3 is 0 Å². The molecule has 5 aromatic rings. The normalized spacial score (nSPS) is 11.8. The molecule has 0 fully saturated rings. The van der Waals surface area contributed by atoms with Crippen molar-refractivity contribution in [1.29, 1.82) is 0 Å². The van der Waals surface area contributed by atoms with Crippen LogP contribution in [0.1, 0.15) is 27.8 Å². The van der Waals surface area contributed by atoms with Crippen LogP contribution >= 0.6 is 0 Å². The Morgan fingerprint density at radius 1 is 0.634 bits per heavy atom. The first-order valence-electron chi connectivity index (χ1n) is 13.6. The molecule has 0 radical (unpaired) electrons. The maximum absolute atomic E-state index is 14.6. The van der Waals surface area contributed by atoms with Crippen LogP contribution in [0, 0.1) is 0 Å². The molecule has 0 aliphatic heterocycles. The lowest BCUT2D eigenvalue weighted by atomic mass is 9.68. The molecule has 41 heavy (non-hydrogen) atoms. The van der Waals surface area contributed by atoms with E-state index in [1.807, 2.05) is 146 Å². The van der Waals surface area contributed by atoms with Gasteiger partial charge in [-0.2, -0.15) is 0 Å². The molecule has 0 saturated heterocycles. The minimum absolute atomic E-state index is 0.220. The third-order valence-corrected chi connectivity index (χ3v) is 7.20. The minimum Gasteiger partial charge on any atom is -0.489 e. The molecule has 204 valence electrons. The van der Waals surface area contributed by atoms with Crippen molar-refractivity contribution in [1.82, 2.24) is 5.32 Å². The first kappa shape index (κ1) is 27.4. The van der Waals surface area contributed by atoms with Crippen molar-refractivity contribution in [2.75, 3.05) is 0 Å². The molecule has 5 nitrogen and oxygen atoms in total. The van der Waals surface area contributed by atoms with Crippen molar-refractivity contribution in [3.05, 3.63) is 173 Å². The van der Waals surface area contributed by atoms with Crippen LogP contribution in [0.2, 0.25) is 0 Å². The van der Waals surface area contributed by atoms with E-state index in [2.05, 4.69) is 5.32 Å². The highest BCUT2D eigenvalue weighted by atomic mass is 16.5. The Kier molecular flexibility index (Phi) is 8.55. The molecule has 2 amide bonds. The fourth-order valence-electron chi connectivity index (χ4n) is 5.19. The Morgan fingerprint density at radius 3 is 1.59 bits per heavy atom. The van der Waals surface area contributed by atoms with E-state index in [0.29, 0.717) is 12.4 Å². The zero-order chi connectivity index (χ0) is 28.5. The lowest BCUT2D eigenvalue weighted by molar-refractivity contribution is -0.129. The molecule has 5 aromatic carbocycles. The number of benzene rings is 5. The highest BCUT2D eigenvalue weighted by Gasteiger charge is 2.44. The van der Waals surface area contributed by atoms with Gasteiger partial charge in [0.2, 0.25) is 11.8 Å². The highest BCUT2D eigenvalue weighted by molar-refractivity contribution is 5.98. The Balaban J connectivity index is 1.47. The minimum atomic E-state index is -1.21. The Labute approximate surface area is 240 Å². The van der Waals surface area contributed by atoms with Crippen LogP contribution in [0.4, 0.5) is 0 Å². The summed E-state index contributed by atoms with van der Waals surface area (Å²) in [6, 6.07) is 45.3. The standard InChI is InChI=1S/C36H32N2O3/c37-34(39)33(25-28-16-13-23-32(24-28)41-26-27-14-5-1-6-15-27)38-35(40)36(29-17-7-2-8-18-29,30-19-9-3-10-20-30)31-21-11-4-12-22-31/h1-24,33H,25-26H2,(H2,37,39)(H,38,40)/t33-/m0/s1. The van der Waals surface area contributed by atoms with Gasteiger partial charge in [-0.15, -0.1) is 0 Å². The molecule has 0 heterocycles. The SMILES string of the molecule is NC(=O)[C@H](Cc1cccc(OCc2ccccc2)c1)NC(=O)C(c1ccccc1)(c1ccccc1)c1ccccc1. The van der Waals surface area contributed by atoms with Crippen molar-refractivity contribution in [3.63, 3.8) is 0 Å². The van der Waals surface area contributed by atoms with E-state index in [0.717, 1.165) is 27.8 Å². The van der Waals surface area contributed by atoms with Crippen molar-refractivity contribution in [2.24, 2.45) is 5.73 Å². The van der Waals surface area contributed by atoms with Crippen molar-refractivity contribution in [3.8, 4) is 5.75 Å². The average molecular weight is 541 g/mol. The smallest absolute Gasteiger partial charge is 0.240 e. The second kappa shape index (κ2) is 12.8. The maximum atomic E-state index is 14.6. The van der Waals surface area contributed by atoms with Gasteiger partial charge in [-0.1, -0.05) is 133 Å². The van der Waals surface area contributed by atoms with Crippen LogP contribution in [0.15, 0.2) is 146 Å². The van der Waals surface area contributed by atoms with E-state index in [4.69, 9.17) is 10.5 Å². The number of amides is 2. The summed E-state index contributed by atoms with van der Waals surface area (Å²) in [5.74, 6) is -0.272. The predicted molar refractivity (Wildman–Crippen MR) is 161 cm³/mol. The van der Waals surface area contributed by atoms with Crippen molar-refractivity contribution >= 4 is 11.8 Å². The lowest BCUT2D eigenvalue weighted by Gasteiger charge is -2.35. The van der Waals surface area contributed by atoms with Crippen LogP contribution in [-0.2, 0) is 28.0 Å². The molecule has 0 aliphatic rings. The number of ether oxygens (including phenoxy) is 1. The summed E-state index contributed by atoms with van der Waals surface area (Å²) in [5, 5.41) is 3.02. The number of primary amides is 1. The van der Waals surface area contributed by atoms with E-state index in [9.17, 15) is 9.59 Å². The molecule has 5 heteroatoms. The van der Waals surface area contributed by atoms with Gasteiger partial charge in [-0.05, 0) is 39.9 Å². The van der Waals surface area contributed by atoms with Gasteiger partial charge in [-0.3, -0.25) is 9.59 Å². The Morgan fingerprint density at radius 2 is 1.10 bits per heavy atom. The average Bonchev–Trinajstić information content (AvgIpc) is 3.02. The molecule has 5 rings (SSSR count). The molecule has 1 atom stereocenters. The molecular formula is C36H32N2O3. The van der Waals surface area contributed by atoms with Gasteiger partial charge < -0.3 is 15.8 Å². The first-order valence-corrected chi connectivity index (χ1v) is 13.6. The van der Waals surface area contributed by atoms with E-state index in [1.165, 1.54) is 0 Å². The second-order valence-electron chi connectivity index (χ2n) is 9.90. The zero-order valence-electron chi connectivity index (χ0n) is 22.7. The van der Waals surface area contributed by atoms with E-state index < -0.39 is 17.4 Å². The number of carbonyl (C=O) groups excluding carboxylic acids is 2. The van der Waals surface area contributed by atoms with Gasteiger partial charge in [0.15, 0.2) is 0 Å². The van der Waals surface area contributed by atoms with E-state index in [-0.39, 0.29) is 12.3 Å². The lowest BCUT2D eigenvalue weighted by Crippen LogP contribution is -2.54. The molecule has 0 aliphatic carbocycles. The van der Waals surface area contributed by atoms with Gasteiger partial charge in [0, 0.05) is 6.42 Å². The van der Waals surface area contributed by atoms with Crippen LogP contribution < -0.4 is 15.8 Å². The van der Waals surface area contributed by atoms with Crippen molar-refractivity contribution in [2.45, 2.75) is 24.5 Å². The summed E-state index contributed by atoms with van der Waals surface area (Å²) in [5.41, 5.74) is 8.91. The topological polar surface area (TPSA) is 81.4 Å². The first-order chi connectivity index (χ1) is 20.1. The van der Waals surface area contributed by atoms with E-state index >= 15 is 0 Å². The van der Waals surface area contributed by atoms with Crippen LogP contribution in [0.25, 0.3) is 0 Å². The molecule has 0 aromatic heterocycles. The number of nitrogens with one attached hydrogen (secondary N) is 1. The molecule has 0 spiro atoms. The fraction of sp³-hybridized carbons (Fsp3) is 0.111. The number of carbonyl (C=O) groups is 2. The summed E-state index contributed by atoms with van der Waals surface area (Å²) in [4.78, 5) is 27.3. The third kappa shape index (κ3) is 6.20.